The molecule has 1 N–H and O–H groups in total. The van der Waals surface area contributed by atoms with E-state index in [-0.39, 0.29) is 18.0 Å². The van der Waals surface area contributed by atoms with Gasteiger partial charge in [0.2, 0.25) is 5.91 Å². The van der Waals surface area contributed by atoms with Crippen LogP contribution in [0.25, 0.3) is 0 Å². The lowest BCUT2D eigenvalue weighted by Crippen LogP contribution is -2.50. The van der Waals surface area contributed by atoms with Crippen LogP contribution in [0.1, 0.15) is 10.4 Å². The van der Waals surface area contributed by atoms with E-state index in [0.717, 1.165) is 17.8 Å². The van der Waals surface area contributed by atoms with Crippen molar-refractivity contribution in [3.63, 3.8) is 0 Å². The molecule has 1 heterocycles. The second-order valence-corrected chi connectivity index (χ2v) is 6.11. The molecule has 0 bridgehead atoms. The molecule has 3 rings (SSSR count). The highest BCUT2D eigenvalue weighted by Gasteiger charge is 2.25. The lowest BCUT2D eigenvalue weighted by atomic mass is 10.1. The van der Waals surface area contributed by atoms with E-state index in [4.69, 9.17) is 0 Å². The molecular formula is C19H19F2N3O2. The number of halogens is 2. The van der Waals surface area contributed by atoms with Gasteiger partial charge in [-0.2, -0.15) is 0 Å². The molecule has 1 aliphatic heterocycles. The zero-order valence-electron chi connectivity index (χ0n) is 14.1. The molecule has 0 aromatic heterocycles. The fourth-order valence-electron chi connectivity index (χ4n) is 2.87. The average molecular weight is 359 g/mol. The van der Waals surface area contributed by atoms with Crippen molar-refractivity contribution in [1.82, 2.24) is 9.80 Å². The average Bonchev–Trinajstić information content (AvgIpc) is 2.62. The number of hydrogen-bond donors (Lipinski definition) is 1. The van der Waals surface area contributed by atoms with Crippen LogP contribution in [0.3, 0.4) is 0 Å². The number of anilines is 1. The molecule has 0 unspecified atom stereocenters. The fraction of sp³-hybridized carbons (Fsp3) is 0.263. The van der Waals surface area contributed by atoms with Crippen LogP contribution in [0.15, 0.2) is 48.5 Å². The molecule has 5 nitrogen and oxygen atoms in total. The highest BCUT2D eigenvalue weighted by atomic mass is 19.1. The lowest BCUT2D eigenvalue weighted by molar-refractivity contribution is -0.117. The summed E-state index contributed by atoms with van der Waals surface area (Å²) in [5.74, 6) is -2.16. The summed E-state index contributed by atoms with van der Waals surface area (Å²) in [7, 11) is 0. The Morgan fingerprint density at radius 3 is 2.31 bits per heavy atom. The van der Waals surface area contributed by atoms with E-state index in [0.29, 0.717) is 32.2 Å². The zero-order valence-corrected chi connectivity index (χ0v) is 14.1. The Morgan fingerprint density at radius 1 is 0.962 bits per heavy atom. The molecular weight excluding hydrogens is 340 g/mol. The predicted molar refractivity (Wildman–Crippen MR) is 93.8 cm³/mol. The van der Waals surface area contributed by atoms with Crippen molar-refractivity contribution in [2.75, 3.05) is 38.0 Å². The van der Waals surface area contributed by atoms with E-state index in [1.807, 2.05) is 35.2 Å². The summed E-state index contributed by atoms with van der Waals surface area (Å²) in [4.78, 5) is 27.9. The van der Waals surface area contributed by atoms with Gasteiger partial charge in [0.15, 0.2) is 0 Å². The highest BCUT2D eigenvalue weighted by Crippen LogP contribution is 2.14. The topological polar surface area (TPSA) is 52.7 Å². The second kappa shape index (κ2) is 8.05. The Bertz CT molecular complexity index is 791. The number of rotatable bonds is 4. The first-order chi connectivity index (χ1) is 12.5. The van der Waals surface area contributed by atoms with Crippen molar-refractivity contribution in [1.29, 1.82) is 0 Å². The summed E-state index contributed by atoms with van der Waals surface area (Å²) in [5, 5.41) is 2.82. The van der Waals surface area contributed by atoms with Crippen molar-refractivity contribution in [2.24, 2.45) is 0 Å². The van der Waals surface area contributed by atoms with E-state index in [1.54, 1.807) is 0 Å². The highest BCUT2D eigenvalue weighted by molar-refractivity contribution is 5.94. The maximum atomic E-state index is 13.8. The van der Waals surface area contributed by atoms with E-state index in [1.165, 1.54) is 4.90 Å². The van der Waals surface area contributed by atoms with Crippen LogP contribution in [-0.4, -0.2) is 54.3 Å². The molecule has 0 saturated carbocycles. The quantitative estimate of drug-likeness (QED) is 0.912. The predicted octanol–water partition coefficient (Wildman–Crippen LogP) is 2.36. The van der Waals surface area contributed by atoms with Gasteiger partial charge in [-0.1, -0.05) is 18.2 Å². The van der Waals surface area contributed by atoms with E-state index >= 15 is 0 Å². The molecule has 0 aliphatic carbocycles. The molecule has 0 radical (unpaired) electrons. The van der Waals surface area contributed by atoms with Gasteiger partial charge in [-0.3, -0.25) is 14.5 Å². The van der Waals surface area contributed by atoms with Crippen molar-refractivity contribution in [2.45, 2.75) is 0 Å². The van der Waals surface area contributed by atoms with E-state index < -0.39 is 17.5 Å². The van der Waals surface area contributed by atoms with Crippen molar-refractivity contribution >= 4 is 17.5 Å². The van der Waals surface area contributed by atoms with Crippen LogP contribution < -0.4 is 5.32 Å². The Hall–Kier alpha value is -2.80. The molecule has 1 aliphatic rings. The van der Waals surface area contributed by atoms with E-state index in [2.05, 4.69) is 5.32 Å². The third-order valence-corrected chi connectivity index (χ3v) is 4.25. The fourth-order valence-corrected chi connectivity index (χ4v) is 2.87. The van der Waals surface area contributed by atoms with Gasteiger partial charge in [0, 0.05) is 37.9 Å². The first kappa shape index (κ1) is 18.0. The van der Waals surface area contributed by atoms with Crippen molar-refractivity contribution in [3.05, 3.63) is 65.7 Å². The molecule has 2 amide bonds. The van der Waals surface area contributed by atoms with Crippen molar-refractivity contribution in [3.8, 4) is 0 Å². The van der Waals surface area contributed by atoms with Gasteiger partial charge in [-0.15, -0.1) is 0 Å². The molecule has 26 heavy (non-hydrogen) atoms. The Kier molecular flexibility index (Phi) is 5.58. The molecule has 0 spiro atoms. The summed E-state index contributed by atoms with van der Waals surface area (Å²) >= 11 is 0. The normalized spacial score (nSPS) is 14.9. The summed E-state index contributed by atoms with van der Waals surface area (Å²) in [5.41, 5.74) is 0.597. The molecule has 7 heteroatoms. The number of piperazine rings is 1. The number of carbonyl (C=O) groups is 2. The summed E-state index contributed by atoms with van der Waals surface area (Å²) in [6.07, 6.45) is 0. The molecule has 2 aromatic rings. The maximum Gasteiger partial charge on any atom is 0.256 e. The van der Waals surface area contributed by atoms with Gasteiger partial charge in [0.25, 0.3) is 5.91 Å². The van der Waals surface area contributed by atoms with Gasteiger partial charge < -0.3 is 10.2 Å². The molecule has 1 fully saturated rings. The lowest BCUT2D eigenvalue weighted by Gasteiger charge is -2.34. The van der Waals surface area contributed by atoms with Gasteiger partial charge in [-0.05, 0) is 24.3 Å². The monoisotopic (exact) mass is 359 g/mol. The number of carbonyl (C=O) groups excluding carboxylic acids is 2. The SMILES string of the molecule is O=C(CN1CCN(C(=O)c2ccc(F)cc2F)CC1)Nc1ccccc1. The molecule has 0 atom stereocenters. The standard InChI is InChI=1S/C19H19F2N3O2/c20-14-6-7-16(17(21)12-14)19(26)24-10-8-23(9-11-24)13-18(25)22-15-4-2-1-3-5-15/h1-7,12H,8-11,13H2,(H,22,25). The van der Waals surface area contributed by atoms with E-state index in [9.17, 15) is 18.4 Å². The molecule has 2 aromatic carbocycles. The van der Waals surface area contributed by atoms with Gasteiger partial charge >= 0.3 is 0 Å². The molecule has 136 valence electrons. The zero-order chi connectivity index (χ0) is 18.5. The van der Waals surface area contributed by atoms with Crippen LogP contribution in [0, 0.1) is 11.6 Å². The first-order valence-corrected chi connectivity index (χ1v) is 8.34. The molecule has 1 saturated heterocycles. The minimum absolute atomic E-state index is 0.124. The largest absolute Gasteiger partial charge is 0.336 e. The van der Waals surface area contributed by atoms with Crippen LogP contribution >= 0.6 is 0 Å². The number of amides is 2. The number of benzene rings is 2. The summed E-state index contributed by atoms with van der Waals surface area (Å²) < 4.78 is 26.7. The van der Waals surface area contributed by atoms with Gasteiger partial charge in [0.05, 0.1) is 12.1 Å². The maximum absolute atomic E-state index is 13.8. The minimum Gasteiger partial charge on any atom is -0.336 e. The number of nitrogens with zero attached hydrogens (tertiary/aromatic N) is 2. The smallest absolute Gasteiger partial charge is 0.256 e. The van der Waals surface area contributed by atoms with Crippen LogP contribution in [0.4, 0.5) is 14.5 Å². The van der Waals surface area contributed by atoms with Gasteiger partial charge in [-0.25, -0.2) is 8.78 Å². The third kappa shape index (κ3) is 4.43. The van der Waals surface area contributed by atoms with Crippen LogP contribution in [0.5, 0.6) is 0 Å². The van der Waals surface area contributed by atoms with Crippen molar-refractivity contribution < 1.29 is 18.4 Å². The Morgan fingerprint density at radius 2 is 1.65 bits per heavy atom. The number of hydrogen-bond acceptors (Lipinski definition) is 3. The summed E-state index contributed by atoms with van der Waals surface area (Å²) in [6.45, 7) is 2.01. The number of para-hydroxylation sites is 1. The Labute approximate surface area is 150 Å². The van der Waals surface area contributed by atoms with Gasteiger partial charge in [0.1, 0.15) is 11.6 Å². The van der Waals surface area contributed by atoms with Crippen LogP contribution in [-0.2, 0) is 4.79 Å². The van der Waals surface area contributed by atoms with Crippen LogP contribution in [0.2, 0.25) is 0 Å². The first-order valence-electron chi connectivity index (χ1n) is 8.34. The summed E-state index contributed by atoms with van der Waals surface area (Å²) in [6, 6.07) is 12.1. The number of nitrogens with one attached hydrogen (secondary N) is 1. The Balaban J connectivity index is 1.51. The second-order valence-electron chi connectivity index (χ2n) is 6.11. The minimum atomic E-state index is -0.861. The third-order valence-electron chi connectivity index (χ3n) is 4.25.